The predicted molar refractivity (Wildman–Crippen MR) is 142 cm³/mol. The number of aromatic nitrogens is 1. The summed E-state index contributed by atoms with van der Waals surface area (Å²) in [6.07, 6.45) is 26.6. The number of aliphatic hydroxyl groups is 1. The van der Waals surface area contributed by atoms with Crippen molar-refractivity contribution in [3.05, 3.63) is 16.1 Å². The molecule has 0 saturated heterocycles. The van der Waals surface area contributed by atoms with Gasteiger partial charge in [0.2, 0.25) is 5.51 Å². The summed E-state index contributed by atoms with van der Waals surface area (Å²) < 4.78 is 61.6. The van der Waals surface area contributed by atoms with E-state index in [1.165, 1.54) is 126 Å². The van der Waals surface area contributed by atoms with Crippen molar-refractivity contribution in [2.24, 2.45) is 0 Å². The number of nitrogens with zero attached hydrogens (tertiary/aromatic N) is 1. The van der Waals surface area contributed by atoms with Gasteiger partial charge in [0.15, 0.2) is 5.69 Å². The van der Waals surface area contributed by atoms with Gasteiger partial charge in [-0.05, 0) is 6.42 Å². The van der Waals surface area contributed by atoms with E-state index in [0.29, 0.717) is 0 Å². The van der Waals surface area contributed by atoms with Gasteiger partial charge in [0.25, 0.3) is 0 Å². The first-order valence-corrected chi connectivity index (χ1v) is 16.8. The van der Waals surface area contributed by atoms with Gasteiger partial charge in [-0.15, -0.1) is 0 Å². The third-order valence-corrected chi connectivity index (χ3v) is 7.39. The van der Waals surface area contributed by atoms with E-state index >= 15 is 0 Å². The Morgan fingerprint density at radius 1 is 0.667 bits per heavy atom. The number of aliphatic hydroxyl groups excluding tert-OH is 1. The van der Waals surface area contributed by atoms with Gasteiger partial charge in [-0.25, -0.2) is 0 Å². The Labute approximate surface area is 219 Å². The van der Waals surface area contributed by atoms with E-state index in [9.17, 15) is 25.2 Å². The fourth-order valence-corrected chi connectivity index (χ4v) is 5.21. The summed E-state index contributed by atoms with van der Waals surface area (Å²) in [7, 11) is -10.7. The Hall–Kier alpha value is -0.400. The molecule has 0 spiro atoms. The third-order valence-electron chi connectivity index (χ3n) is 6.25. The predicted octanol–water partition coefficient (Wildman–Crippen LogP) is 11.3. The molecule has 1 rings (SSSR count). The molecule has 1 aromatic rings. The second-order valence-electron chi connectivity index (χ2n) is 9.87. The van der Waals surface area contributed by atoms with Crippen molar-refractivity contribution in [3.63, 3.8) is 0 Å². The molecule has 0 amide bonds. The molecule has 0 saturated carbocycles. The summed E-state index contributed by atoms with van der Waals surface area (Å²) in [5.74, 6) is 0. The molecule has 1 heterocycles. The molecule has 2 nitrogen and oxygen atoms in total. The van der Waals surface area contributed by atoms with Crippen molar-refractivity contribution < 1.29 is 34.9 Å². The summed E-state index contributed by atoms with van der Waals surface area (Å²) in [6, 6.07) is 0. The van der Waals surface area contributed by atoms with E-state index in [1.807, 2.05) is 0 Å². The zero-order valence-electron chi connectivity index (χ0n) is 22.4. The first-order valence-electron chi connectivity index (χ1n) is 13.9. The normalized spacial score (nSPS) is 13.7. The molecule has 0 aromatic carbocycles. The van der Waals surface area contributed by atoms with Gasteiger partial charge in [0, 0.05) is 26.4 Å². The number of aryl methyl sites for hydroxylation is 1. The zero-order valence-corrected chi connectivity index (χ0v) is 24.2. The van der Waals surface area contributed by atoms with Gasteiger partial charge in [0.05, 0.1) is 4.88 Å². The summed E-state index contributed by atoms with van der Waals surface area (Å²) in [4.78, 5) is 1.34. The molecule has 218 valence electrons. The van der Waals surface area contributed by atoms with Crippen LogP contribution >= 0.6 is 19.1 Å². The van der Waals surface area contributed by atoms with E-state index in [0.717, 1.165) is 13.0 Å². The molecule has 0 aliphatic rings. The Morgan fingerprint density at radius 3 is 1.33 bits per heavy atom. The molecule has 0 radical (unpaired) electrons. The number of unbranched alkanes of at least 4 members (excludes halogenated alkanes) is 17. The molecular weight excluding hydrogens is 519 g/mol. The monoisotopic (exact) mass is 569 g/mol. The van der Waals surface area contributed by atoms with Gasteiger partial charge in [-0.3, -0.25) is 0 Å². The fraction of sp³-hybridized carbons (Fsp3) is 0.885. The summed E-state index contributed by atoms with van der Waals surface area (Å²) >= 11 is 1.79. The van der Waals surface area contributed by atoms with E-state index in [2.05, 4.69) is 23.9 Å². The van der Waals surface area contributed by atoms with Crippen molar-refractivity contribution in [2.75, 3.05) is 6.61 Å². The standard InChI is InChI=1S/C26H50NOS.F6P/c1-3-4-5-6-7-8-9-10-11-12-13-14-15-16-17-18-19-20-22-27-24-29-26(21-23-28)25(27)2;1-7(2,3,4,5)6/h24,28H,3-23H2,1-2H3;/q+1;-1. The van der Waals surface area contributed by atoms with Crippen LogP contribution in [0.15, 0.2) is 5.51 Å². The first-order chi connectivity index (χ1) is 16.7. The maximum atomic E-state index is 9.87. The van der Waals surface area contributed by atoms with Crippen LogP contribution in [-0.2, 0) is 13.0 Å². The van der Waals surface area contributed by atoms with Gasteiger partial charge in [-0.1, -0.05) is 121 Å². The van der Waals surface area contributed by atoms with Crippen LogP contribution < -0.4 is 4.57 Å². The van der Waals surface area contributed by atoms with Crippen LogP contribution in [0.5, 0.6) is 0 Å². The number of hydrogen-bond acceptors (Lipinski definition) is 2. The van der Waals surface area contributed by atoms with Crippen LogP contribution in [0.3, 0.4) is 0 Å². The van der Waals surface area contributed by atoms with Crippen LogP contribution in [0.2, 0.25) is 0 Å². The number of hydrogen-bond donors (Lipinski definition) is 1. The second-order valence-corrected chi connectivity index (χ2v) is 12.7. The van der Waals surface area contributed by atoms with Gasteiger partial charge < -0.3 is 5.11 Å². The van der Waals surface area contributed by atoms with Crippen LogP contribution in [0, 0.1) is 6.92 Å². The molecule has 1 N–H and O–H groups in total. The average Bonchev–Trinajstić information content (AvgIpc) is 3.10. The minimum absolute atomic E-state index is 0.264. The topological polar surface area (TPSA) is 24.1 Å². The van der Waals surface area contributed by atoms with E-state index in [4.69, 9.17) is 5.11 Å². The van der Waals surface area contributed by atoms with Crippen molar-refractivity contribution in [3.8, 4) is 0 Å². The summed E-state index contributed by atoms with van der Waals surface area (Å²) in [6.45, 7) is 5.90. The van der Waals surface area contributed by atoms with Crippen molar-refractivity contribution in [1.29, 1.82) is 0 Å². The minimum atomic E-state index is -10.7. The Morgan fingerprint density at radius 2 is 1.00 bits per heavy atom. The van der Waals surface area contributed by atoms with Gasteiger partial charge in [0.1, 0.15) is 6.54 Å². The van der Waals surface area contributed by atoms with Crippen LogP contribution in [-0.4, -0.2) is 11.7 Å². The van der Waals surface area contributed by atoms with Gasteiger partial charge >= 0.3 is 33.0 Å². The Kier molecular flexibility index (Phi) is 17.8. The zero-order chi connectivity index (χ0) is 27.4. The van der Waals surface area contributed by atoms with E-state index < -0.39 is 7.81 Å². The van der Waals surface area contributed by atoms with Crippen molar-refractivity contribution in [1.82, 2.24) is 0 Å². The van der Waals surface area contributed by atoms with E-state index in [-0.39, 0.29) is 6.61 Å². The quantitative estimate of drug-likeness (QED) is 0.0677. The average molecular weight is 570 g/mol. The third kappa shape index (κ3) is 28.2. The molecule has 1 aromatic heterocycles. The van der Waals surface area contributed by atoms with Crippen molar-refractivity contribution >= 4 is 19.1 Å². The Balaban J connectivity index is 0.00000152. The molecule has 0 aliphatic carbocycles. The van der Waals surface area contributed by atoms with Crippen LogP contribution in [0.1, 0.15) is 133 Å². The molecule has 0 atom stereocenters. The van der Waals surface area contributed by atoms with Crippen molar-refractivity contribution in [2.45, 2.75) is 142 Å². The summed E-state index contributed by atoms with van der Waals surface area (Å²) in [5.41, 5.74) is 3.59. The molecule has 36 heavy (non-hydrogen) atoms. The molecule has 0 fully saturated rings. The Bertz CT molecular complexity index is 655. The van der Waals surface area contributed by atoms with Crippen LogP contribution in [0.4, 0.5) is 25.2 Å². The van der Waals surface area contributed by atoms with E-state index in [1.54, 1.807) is 11.3 Å². The summed E-state index contributed by atoms with van der Waals surface area (Å²) in [5, 5.41) is 9.09. The molecule has 10 heteroatoms. The second kappa shape index (κ2) is 18.0. The SMILES string of the molecule is CCCCCCCCCCCCCCCCCCCC[n+]1csc(CCO)c1C.F[P-](F)(F)(F)(F)F. The fourth-order valence-electron chi connectivity index (χ4n) is 4.20. The van der Waals surface area contributed by atoms with Gasteiger partial charge in [-0.2, -0.15) is 4.57 Å². The number of halogens is 6. The molecule has 0 unspecified atom stereocenters. The maximum absolute atomic E-state index is 10.7. The number of rotatable bonds is 21. The first kappa shape index (κ1) is 35.6. The molecular formula is C26H50F6NOPS. The number of thiazole rings is 1. The molecule has 0 aliphatic heterocycles. The van der Waals surface area contributed by atoms with Crippen LogP contribution in [0.25, 0.3) is 0 Å². The molecule has 0 bridgehead atoms.